The molecule has 3 aromatic rings. The number of nitriles is 1. The van der Waals surface area contributed by atoms with Gasteiger partial charge in [0.25, 0.3) is 5.91 Å². The fraction of sp³-hybridized carbons (Fsp3) is 0.407. The highest BCUT2D eigenvalue weighted by Gasteiger charge is 2.26. The second-order valence-corrected chi connectivity index (χ2v) is 8.80. The van der Waals surface area contributed by atoms with Crippen molar-refractivity contribution in [2.75, 3.05) is 46.5 Å². The number of carbonyl (C=O) groups is 2. The lowest BCUT2D eigenvalue weighted by Gasteiger charge is -2.26. The van der Waals surface area contributed by atoms with Crippen molar-refractivity contribution in [3.63, 3.8) is 0 Å². The molecule has 1 fully saturated rings. The summed E-state index contributed by atoms with van der Waals surface area (Å²) in [6.45, 7) is 4.67. The van der Waals surface area contributed by atoms with E-state index in [1.165, 1.54) is 0 Å². The number of hydrogen-bond donors (Lipinski definition) is 2. The molecule has 0 aliphatic carbocycles. The minimum Gasteiger partial charge on any atom is -0.494 e. The molecular formula is C27H32N6O4. The van der Waals surface area contributed by atoms with Crippen LogP contribution >= 0.6 is 0 Å². The maximum Gasteiger partial charge on any atom is 0.273 e. The smallest absolute Gasteiger partial charge is 0.273 e. The van der Waals surface area contributed by atoms with Crippen LogP contribution < -0.4 is 15.4 Å². The van der Waals surface area contributed by atoms with Crippen molar-refractivity contribution >= 4 is 22.7 Å². The summed E-state index contributed by atoms with van der Waals surface area (Å²) in [5.74, 6) is -0.165. The zero-order chi connectivity index (χ0) is 26.0. The Balaban J connectivity index is 1.58. The quantitative estimate of drug-likeness (QED) is 0.382. The molecule has 1 aromatic heterocycles. The average Bonchev–Trinajstić information content (AvgIpc) is 3.32. The molecule has 10 heteroatoms. The lowest BCUT2D eigenvalue weighted by atomic mass is 10.0. The maximum atomic E-state index is 13.5. The standard InChI is InChI=1S/C27H32N6O4/c1-36-23-10-5-9-21-24(31-33(25(21)23)14-13-32-15-17-37-18-16-32)27(35)30-22(26(34)29-12-6-11-28)19-20-7-3-2-4-8-20/h2-5,7-10,22H,6,12-19H2,1H3,(H,29,34)(H,30,35)/t22-/m0/s1. The fourth-order valence-corrected chi connectivity index (χ4v) is 4.41. The van der Waals surface area contributed by atoms with Crippen LogP contribution in [-0.4, -0.2) is 79.0 Å². The molecule has 2 amide bonds. The number of benzene rings is 2. The molecule has 0 radical (unpaired) electrons. The van der Waals surface area contributed by atoms with Crippen LogP contribution in [0.25, 0.3) is 10.9 Å². The van der Waals surface area contributed by atoms with Crippen LogP contribution in [-0.2, 0) is 22.5 Å². The number of amides is 2. The molecule has 0 unspecified atom stereocenters. The topological polar surface area (TPSA) is 122 Å². The molecule has 4 rings (SSSR count). The number of hydrogen-bond acceptors (Lipinski definition) is 7. The van der Waals surface area contributed by atoms with Gasteiger partial charge in [0.05, 0.1) is 39.4 Å². The number of fused-ring (bicyclic) bond motifs is 1. The third kappa shape index (κ3) is 6.64. The minimum absolute atomic E-state index is 0.190. The maximum absolute atomic E-state index is 13.5. The number of rotatable bonds is 11. The zero-order valence-corrected chi connectivity index (χ0v) is 21.0. The predicted molar refractivity (Wildman–Crippen MR) is 138 cm³/mol. The Morgan fingerprint density at radius 2 is 1.92 bits per heavy atom. The van der Waals surface area contributed by atoms with Crippen LogP contribution in [0.15, 0.2) is 48.5 Å². The molecule has 2 aromatic carbocycles. The van der Waals surface area contributed by atoms with Gasteiger partial charge in [0.1, 0.15) is 17.3 Å². The molecule has 37 heavy (non-hydrogen) atoms. The number of ether oxygens (including phenoxy) is 2. The van der Waals surface area contributed by atoms with Gasteiger partial charge in [-0.2, -0.15) is 10.4 Å². The van der Waals surface area contributed by atoms with E-state index in [-0.39, 0.29) is 24.6 Å². The van der Waals surface area contributed by atoms with Crippen LogP contribution in [0.1, 0.15) is 22.5 Å². The van der Waals surface area contributed by atoms with E-state index in [1.807, 2.05) is 54.6 Å². The van der Waals surface area contributed by atoms with Crippen LogP contribution in [0.4, 0.5) is 0 Å². The van der Waals surface area contributed by atoms with Gasteiger partial charge in [-0.1, -0.05) is 42.5 Å². The van der Waals surface area contributed by atoms with Gasteiger partial charge in [-0.3, -0.25) is 19.2 Å². The molecular weight excluding hydrogens is 472 g/mol. The van der Waals surface area contributed by atoms with Crippen molar-refractivity contribution in [2.45, 2.75) is 25.4 Å². The molecule has 0 bridgehead atoms. The number of aromatic nitrogens is 2. The van der Waals surface area contributed by atoms with Gasteiger partial charge in [-0.15, -0.1) is 0 Å². The highest BCUT2D eigenvalue weighted by molar-refractivity contribution is 6.07. The highest BCUT2D eigenvalue weighted by atomic mass is 16.5. The van der Waals surface area contributed by atoms with Gasteiger partial charge in [0, 0.05) is 38.0 Å². The van der Waals surface area contributed by atoms with Crippen LogP contribution in [0, 0.1) is 11.3 Å². The molecule has 1 aliphatic heterocycles. The van der Waals surface area contributed by atoms with Crippen LogP contribution in [0.2, 0.25) is 0 Å². The van der Waals surface area contributed by atoms with Gasteiger partial charge in [-0.25, -0.2) is 0 Å². The Bertz CT molecular complexity index is 1250. The summed E-state index contributed by atoms with van der Waals surface area (Å²) in [5.41, 5.74) is 1.88. The number of nitrogens with one attached hydrogen (secondary N) is 2. The largest absolute Gasteiger partial charge is 0.494 e. The van der Waals surface area contributed by atoms with Gasteiger partial charge in [0.2, 0.25) is 5.91 Å². The first-order valence-electron chi connectivity index (χ1n) is 12.4. The van der Waals surface area contributed by atoms with Crippen molar-refractivity contribution in [1.82, 2.24) is 25.3 Å². The van der Waals surface area contributed by atoms with Gasteiger partial charge < -0.3 is 20.1 Å². The Kier molecular flexibility index (Phi) is 9.08. The van der Waals surface area contributed by atoms with Crippen molar-refractivity contribution in [3.05, 3.63) is 59.8 Å². The van der Waals surface area contributed by atoms with Crippen molar-refractivity contribution in [3.8, 4) is 11.8 Å². The Labute approximate surface area is 216 Å². The molecule has 2 heterocycles. The van der Waals surface area contributed by atoms with Crippen molar-refractivity contribution in [2.24, 2.45) is 0 Å². The van der Waals surface area contributed by atoms with Gasteiger partial charge in [-0.05, 0) is 11.6 Å². The van der Waals surface area contributed by atoms with Crippen molar-refractivity contribution < 1.29 is 19.1 Å². The zero-order valence-electron chi connectivity index (χ0n) is 21.0. The van der Waals surface area contributed by atoms with E-state index in [4.69, 9.17) is 14.7 Å². The average molecular weight is 505 g/mol. The second-order valence-electron chi connectivity index (χ2n) is 8.80. The first-order valence-corrected chi connectivity index (χ1v) is 12.4. The van der Waals surface area contributed by atoms with E-state index in [1.54, 1.807) is 11.8 Å². The van der Waals surface area contributed by atoms with Gasteiger partial charge in [0.15, 0.2) is 5.69 Å². The first-order chi connectivity index (χ1) is 18.1. The SMILES string of the molecule is COc1cccc2c(C(=O)N[C@@H](Cc3ccccc3)C(=O)NCCC#N)nn(CCN3CCOCC3)c12. The summed E-state index contributed by atoms with van der Waals surface area (Å²) in [7, 11) is 1.59. The Morgan fingerprint density at radius 1 is 1.14 bits per heavy atom. The van der Waals surface area contributed by atoms with Crippen LogP contribution in [0.5, 0.6) is 5.75 Å². The third-order valence-corrected chi connectivity index (χ3v) is 6.34. The molecule has 1 saturated heterocycles. The van der Waals surface area contributed by atoms with E-state index in [9.17, 15) is 9.59 Å². The monoisotopic (exact) mass is 504 g/mol. The molecule has 194 valence electrons. The Morgan fingerprint density at radius 3 is 2.65 bits per heavy atom. The highest BCUT2D eigenvalue weighted by Crippen LogP contribution is 2.28. The Hall–Kier alpha value is -3.94. The number of methoxy groups -OCH3 is 1. The molecule has 0 saturated carbocycles. The summed E-state index contributed by atoms with van der Waals surface area (Å²) < 4.78 is 12.8. The molecule has 0 spiro atoms. The van der Waals surface area contributed by atoms with Gasteiger partial charge >= 0.3 is 0 Å². The lowest BCUT2D eigenvalue weighted by Crippen LogP contribution is -2.48. The van der Waals surface area contributed by atoms with Crippen LogP contribution in [0.3, 0.4) is 0 Å². The number of nitrogens with zero attached hydrogens (tertiary/aromatic N) is 4. The minimum atomic E-state index is -0.826. The second kappa shape index (κ2) is 12.9. The normalized spacial score (nSPS) is 14.6. The molecule has 1 aliphatic rings. The predicted octanol–water partition coefficient (Wildman–Crippen LogP) is 1.75. The fourth-order valence-electron chi connectivity index (χ4n) is 4.41. The molecule has 10 nitrogen and oxygen atoms in total. The van der Waals surface area contributed by atoms with E-state index < -0.39 is 11.9 Å². The van der Waals surface area contributed by atoms with E-state index in [0.29, 0.717) is 37.3 Å². The lowest BCUT2D eigenvalue weighted by molar-refractivity contribution is -0.122. The summed E-state index contributed by atoms with van der Waals surface area (Å²) in [4.78, 5) is 28.8. The molecule has 1 atom stereocenters. The summed E-state index contributed by atoms with van der Waals surface area (Å²) in [5, 5.41) is 19.8. The summed E-state index contributed by atoms with van der Waals surface area (Å²) >= 11 is 0. The van der Waals surface area contributed by atoms with E-state index >= 15 is 0 Å². The number of carbonyl (C=O) groups excluding carboxylic acids is 2. The van der Waals surface area contributed by atoms with E-state index in [2.05, 4.69) is 20.6 Å². The number of morpholine rings is 1. The van der Waals surface area contributed by atoms with Crippen molar-refractivity contribution in [1.29, 1.82) is 5.26 Å². The number of para-hydroxylation sites is 1. The molecule has 2 N–H and O–H groups in total. The van der Waals surface area contributed by atoms with E-state index in [0.717, 1.165) is 30.7 Å². The summed E-state index contributed by atoms with van der Waals surface area (Å²) in [6.07, 6.45) is 0.500. The third-order valence-electron chi connectivity index (χ3n) is 6.34. The summed E-state index contributed by atoms with van der Waals surface area (Å²) in [6, 6.07) is 16.2. The first kappa shape index (κ1) is 26.1.